The molecule has 1 amide bonds. The Kier molecular flexibility index (Phi) is 4.91. The van der Waals surface area contributed by atoms with Crippen LogP contribution in [0.15, 0.2) is 42.6 Å². The molecule has 0 fully saturated rings. The minimum Gasteiger partial charge on any atom is -0.365 e. The first-order valence-corrected chi connectivity index (χ1v) is 8.39. The smallest absolute Gasteiger partial charge is 0.252 e. The van der Waals surface area contributed by atoms with E-state index in [0.29, 0.717) is 5.69 Å². The summed E-state index contributed by atoms with van der Waals surface area (Å²) in [7, 11) is 0. The van der Waals surface area contributed by atoms with E-state index in [0.717, 1.165) is 17.0 Å². The van der Waals surface area contributed by atoms with Crippen molar-refractivity contribution in [3.8, 4) is 0 Å². The summed E-state index contributed by atoms with van der Waals surface area (Å²) in [5.41, 5.74) is 12.0. The van der Waals surface area contributed by atoms with E-state index < -0.39 is 17.3 Å². The minimum absolute atomic E-state index is 0.0135. The van der Waals surface area contributed by atoms with Gasteiger partial charge in [0, 0.05) is 29.4 Å². The first-order chi connectivity index (χ1) is 12.8. The largest absolute Gasteiger partial charge is 0.365 e. The summed E-state index contributed by atoms with van der Waals surface area (Å²) in [5.74, 6) is -1.32. The van der Waals surface area contributed by atoms with Gasteiger partial charge >= 0.3 is 0 Å². The number of carbonyl (C=O) groups excluding carboxylic acids is 1. The number of anilines is 3. The van der Waals surface area contributed by atoms with Crippen LogP contribution in [0.3, 0.4) is 0 Å². The Morgan fingerprint density at radius 3 is 2.70 bits per heavy atom. The van der Waals surface area contributed by atoms with Crippen molar-refractivity contribution < 1.29 is 9.18 Å². The molecule has 2 heterocycles. The molecule has 27 heavy (non-hydrogen) atoms. The molecule has 0 atom stereocenters. The molecule has 3 aromatic rings. The number of benzene rings is 1. The van der Waals surface area contributed by atoms with E-state index in [1.165, 1.54) is 0 Å². The molecule has 140 valence electrons. The number of amides is 1. The highest BCUT2D eigenvalue weighted by molar-refractivity contribution is 5.99. The van der Waals surface area contributed by atoms with Crippen molar-refractivity contribution in [1.82, 2.24) is 9.97 Å². The zero-order chi connectivity index (χ0) is 19.6. The van der Waals surface area contributed by atoms with Crippen molar-refractivity contribution in [2.45, 2.75) is 19.4 Å². The van der Waals surface area contributed by atoms with Gasteiger partial charge in [-0.1, -0.05) is 6.07 Å². The second kappa shape index (κ2) is 7.16. The lowest BCUT2D eigenvalue weighted by atomic mass is 10.1. The van der Waals surface area contributed by atoms with Gasteiger partial charge in [0.05, 0.1) is 11.1 Å². The summed E-state index contributed by atoms with van der Waals surface area (Å²) in [4.78, 5) is 20.2. The number of pyridine rings is 2. The summed E-state index contributed by atoms with van der Waals surface area (Å²) in [6, 6.07) is 10.3. The van der Waals surface area contributed by atoms with Crippen LogP contribution < -0.4 is 22.1 Å². The molecule has 0 saturated heterocycles. The Labute approximate surface area is 156 Å². The Hall–Kier alpha value is -3.26. The van der Waals surface area contributed by atoms with E-state index in [1.54, 1.807) is 12.3 Å². The number of hydrogen-bond acceptors (Lipinski definition) is 6. The van der Waals surface area contributed by atoms with Crippen molar-refractivity contribution in [2.24, 2.45) is 11.5 Å². The van der Waals surface area contributed by atoms with Crippen LogP contribution >= 0.6 is 0 Å². The van der Waals surface area contributed by atoms with E-state index in [2.05, 4.69) is 20.6 Å². The third-order valence-corrected chi connectivity index (χ3v) is 4.07. The monoisotopic (exact) mass is 368 g/mol. The van der Waals surface area contributed by atoms with Crippen LogP contribution in [0.5, 0.6) is 0 Å². The number of nitrogens with zero attached hydrogens (tertiary/aromatic N) is 2. The lowest BCUT2D eigenvalue weighted by molar-refractivity contribution is 0.100. The van der Waals surface area contributed by atoms with Crippen LogP contribution in [-0.2, 0) is 0 Å². The van der Waals surface area contributed by atoms with E-state index in [4.69, 9.17) is 11.5 Å². The number of carbonyl (C=O) groups is 1. The molecule has 0 aliphatic rings. The maximum absolute atomic E-state index is 14.4. The zero-order valence-corrected chi connectivity index (χ0v) is 15.1. The first-order valence-electron chi connectivity index (χ1n) is 8.39. The van der Waals surface area contributed by atoms with Gasteiger partial charge in [0.2, 0.25) is 0 Å². The maximum atomic E-state index is 14.4. The molecule has 0 saturated carbocycles. The van der Waals surface area contributed by atoms with Gasteiger partial charge in [-0.2, -0.15) is 0 Å². The molecule has 7 nitrogen and oxygen atoms in total. The number of primary amides is 1. The van der Waals surface area contributed by atoms with Crippen molar-refractivity contribution in [1.29, 1.82) is 0 Å². The van der Waals surface area contributed by atoms with Crippen LogP contribution in [-0.4, -0.2) is 28.0 Å². The summed E-state index contributed by atoms with van der Waals surface area (Å²) in [6.45, 7) is 3.91. The van der Waals surface area contributed by atoms with Crippen LogP contribution in [0.25, 0.3) is 10.9 Å². The molecule has 0 aliphatic carbocycles. The van der Waals surface area contributed by atoms with Gasteiger partial charge in [0.1, 0.15) is 5.82 Å². The summed E-state index contributed by atoms with van der Waals surface area (Å²) in [6.07, 6.45) is 1.71. The molecular weight excluding hydrogens is 347 g/mol. The highest BCUT2D eigenvalue weighted by Crippen LogP contribution is 2.26. The summed E-state index contributed by atoms with van der Waals surface area (Å²) >= 11 is 0. The number of hydrogen-bond donors (Lipinski definition) is 4. The third kappa shape index (κ3) is 4.12. The third-order valence-electron chi connectivity index (χ3n) is 4.07. The fourth-order valence-electron chi connectivity index (χ4n) is 2.52. The summed E-state index contributed by atoms with van der Waals surface area (Å²) in [5, 5.41) is 6.89. The highest BCUT2D eigenvalue weighted by Gasteiger charge is 2.21. The summed E-state index contributed by atoms with van der Waals surface area (Å²) < 4.78 is 14.4. The number of fused-ring (bicyclic) bond motifs is 1. The van der Waals surface area contributed by atoms with E-state index in [1.807, 2.05) is 38.1 Å². The molecule has 0 aliphatic heterocycles. The zero-order valence-electron chi connectivity index (χ0n) is 15.1. The average molecular weight is 368 g/mol. The molecule has 2 aromatic heterocycles. The van der Waals surface area contributed by atoms with Gasteiger partial charge in [0.15, 0.2) is 11.6 Å². The molecular formula is C19H21FN6O. The van der Waals surface area contributed by atoms with E-state index >= 15 is 0 Å². The lowest BCUT2D eigenvalue weighted by Gasteiger charge is -2.25. The second-order valence-electron chi connectivity index (χ2n) is 6.83. The standard InChI is InChI=1S/C19H21FN6O/c1-19(2,10-21)26-18-14(20)9-13(16(22)27)17(25-18)24-12-5-6-15-11(8-12)4-3-7-23-15/h3-9H,10,21H2,1-2H3,(H2,22,27)(H2,24,25,26). The molecule has 0 unspecified atom stereocenters. The molecule has 6 N–H and O–H groups in total. The number of nitrogens with one attached hydrogen (secondary N) is 2. The van der Waals surface area contributed by atoms with E-state index in [-0.39, 0.29) is 23.7 Å². The Balaban J connectivity index is 2.02. The van der Waals surface area contributed by atoms with Crippen molar-refractivity contribution in [3.63, 3.8) is 0 Å². The van der Waals surface area contributed by atoms with Gasteiger partial charge < -0.3 is 22.1 Å². The van der Waals surface area contributed by atoms with Crippen molar-refractivity contribution in [2.75, 3.05) is 17.2 Å². The van der Waals surface area contributed by atoms with Gasteiger partial charge in [-0.25, -0.2) is 9.37 Å². The Bertz CT molecular complexity index is 1000. The predicted octanol–water partition coefficient (Wildman–Crippen LogP) is 2.76. The van der Waals surface area contributed by atoms with Crippen molar-refractivity contribution in [3.05, 3.63) is 54.0 Å². The van der Waals surface area contributed by atoms with E-state index in [9.17, 15) is 9.18 Å². The fourth-order valence-corrected chi connectivity index (χ4v) is 2.52. The number of rotatable bonds is 6. The van der Waals surface area contributed by atoms with Crippen molar-refractivity contribution >= 4 is 34.1 Å². The van der Waals surface area contributed by atoms with Gasteiger partial charge in [0.25, 0.3) is 5.91 Å². The molecule has 1 aromatic carbocycles. The first kappa shape index (κ1) is 18.5. The normalized spacial score (nSPS) is 11.4. The maximum Gasteiger partial charge on any atom is 0.252 e. The van der Waals surface area contributed by atoms with Gasteiger partial charge in [-0.3, -0.25) is 9.78 Å². The van der Waals surface area contributed by atoms with Crippen LogP contribution in [0, 0.1) is 5.82 Å². The van der Waals surface area contributed by atoms with Gasteiger partial charge in [-0.15, -0.1) is 0 Å². The SMILES string of the molecule is CC(C)(CN)Nc1nc(Nc2ccc3ncccc3c2)c(C(N)=O)cc1F. The van der Waals surface area contributed by atoms with Gasteiger partial charge in [-0.05, 0) is 44.2 Å². The fraction of sp³-hybridized carbons (Fsp3) is 0.211. The topological polar surface area (TPSA) is 119 Å². The Morgan fingerprint density at radius 1 is 1.22 bits per heavy atom. The number of aromatic nitrogens is 2. The predicted molar refractivity (Wildman–Crippen MR) is 104 cm³/mol. The second-order valence-corrected chi connectivity index (χ2v) is 6.83. The molecule has 0 spiro atoms. The lowest BCUT2D eigenvalue weighted by Crippen LogP contribution is -2.39. The number of halogens is 1. The minimum atomic E-state index is -0.781. The molecule has 0 radical (unpaired) electrons. The Morgan fingerprint density at radius 2 is 2.00 bits per heavy atom. The quantitative estimate of drug-likeness (QED) is 0.531. The molecule has 3 rings (SSSR count). The van der Waals surface area contributed by atoms with Crippen LogP contribution in [0.4, 0.5) is 21.7 Å². The number of nitrogens with two attached hydrogens (primary N) is 2. The van der Waals surface area contributed by atoms with Crippen LogP contribution in [0.1, 0.15) is 24.2 Å². The molecule has 8 heteroatoms. The average Bonchev–Trinajstić information content (AvgIpc) is 2.63. The van der Waals surface area contributed by atoms with Crippen LogP contribution in [0.2, 0.25) is 0 Å². The molecule has 0 bridgehead atoms. The highest BCUT2D eigenvalue weighted by atomic mass is 19.1.